The van der Waals surface area contributed by atoms with Gasteiger partial charge in [0.05, 0.1) is 11.6 Å². The second kappa shape index (κ2) is 9.34. The largest absolute Gasteiger partial charge is 0.503 e. The van der Waals surface area contributed by atoms with Gasteiger partial charge in [0.25, 0.3) is 5.91 Å². The average Bonchev–Trinajstić information content (AvgIpc) is 3.42. The maximum absolute atomic E-state index is 13.8. The highest BCUT2D eigenvalue weighted by Crippen LogP contribution is 2.43. The maximum atomic E-state index is 13.8. The summed E-state index contributed by atoms with van der Waals surface area (Å²) in [6.45, 7) is 7.69. The van der Waals surface area contributed by atoms with Crippen molar-refractivity contribution in [3.63, 3.8) is 0 Å². The second-order valence-electron chi connectivity index (χ2n) is 10.4. The lowest BCUT2D eigenvalue weighted by molar-refractivity contribution is -0.117. The molecule has 0 aliphatic carbocycles. The number of furan rings is 1. The molecule has 1 aliphatic heterocycles. The topological polar surface area (TPSA) is 99.9 Å². The highest BCUT2D eigenvalue weighted by atomic mass is 16.3. The van der Waals surface area contributed by atoms with Crippen LogP contribution in [-0.2, 0) is 15.0 Å². The number of nitrogens with zero attached hydrogens (tertiary/aromatic N) is 1. The summed E-state index contributed by atoms with van der Waals surface area (Å²) in [5.41, 5.74) is 3.02. The Balaban J connectivity index is 1.64. The van der Waals surface area contributed by atoms with E-state index < -0.39 is 23.5 Å². The van der Waals surface area contributed by atoms with Crippen molar-refractivity contribution in [3.05, 3.63) is 107 Å². The van der Waals surface area contributed by atoms with Gasteiger partial charge in [-0.2, -0.15) is 0 Å². The smallest absolute Gasteiger partial charge is 0.294 e. The van der Waals surface area contributed by atoms with Crippen LogP contribution in [0.3, 0.4) is 0 Å². The van der Waals surface area contributed by atoms with Crippen LogP contribution in [0.15, 0.2) is 94.6 Å². The summed E-state index contributed by atoms with van der Waals surface area (Å²) in [7, 11) is 0. The lowest BCUT2D eigenvalue weighted by Crippen LogP contribution is -2.31. The lowest BCUT2D eigenvalue weighted by atomic mass is 9.85. The van der Waals surface area contributed by atoms with E-state index in [4.69, 9.17) is 4.42 Å². The fourth-order valence-corrected chi connectivity index (χ4v) is 4.75. The molecule has 0 saturated carbocycles. The van der Waals surface area contributed by atoms with E-state index in [1.54, 1.807) is 42.5 Å². The Bertz CT molecular complexity index is 1570. The monoisotopic (exact) mass is 508 g/mol. The summed E-state index contributed by atoms with van der Waals surface area (Å²) in [5, 5.41) is 14.5. The minimum Gasteiger partial charge on any atom is -0.503 e. The summed E-state index contributed by atoms with van der Waals surface area (Å²) >= 11 is 0. The minimum atomic E-state index is -0.912. The van der Waals surface area contributed by atoms with E-state index in [0.29, 0.717) is 22.5 Å². The molecular weight excluding hydrogens is 480 g/mol. The number of carbonyl (C=O) groups excluding carboxylic acids is 3. The molecule has 0 spiro atoms. The first kappa shape index (κ1) is 25.0. The first-order valence-electron chi connectivity index (χ1n) is 12.3. The maximum Gasteiger partial charge on any atom is 0.294 e. The number of fused-ring (bicyclic) bond motifs is 1. The van der Waals surface area contributed by atoms with E-state index in [1.807, 2.05) is 36.4 Å². The van der Waals surface area contributed by atoms with Gasteiger partial charge >= 0.3 is 0 Å². The van der Waals surface area contributed by atoms with Crippen molar-refractivity contribution in [2.75, 3.05) is 10.2 Å². The molecule has 0 radical (unpaired) electrons. The van der Waals surface area contributed by atoms with Gasteiger partial charge in [-0.1, -0.05) is 69.3 Å². The first-order valence-corrected chi connectivity index (χ1v) is 12.3. The standard InChI is InChI=1S/C31H28N2O5/c1-18(34)32-22-9-7-10-23(17-22)33-27(19-12-14-21(15-13-19)31(2,3)4)26(29(36)30(33)37)28(35)25-16-20-8-5-6-11-24(20)38-25/h5-17,27,36H,1-4H3,(H,32,34). The fourth-order valence-electron chi connectivity index (χ4n) is 4.75. The Labute approximate surface area is 220 Å². The molecule has 2 heterocycles. The number of Topliss-reactive ketones (excluding diaryl/α,β-unsaturated/α-hetero) is 1. The first-order chi connectivity index (χ1) is 18.0. The van der Waals surface area contributed by atoms with E-state index in [0.717, 1.165) is 10.9 Å². The fraction of sp³-hybridized carbons (Fsp3) is 0.194. The van der Waals surface area contributed by atoms with Gasteiger partial charge in [0.1, 0.15) is 5.58 Å². The number of anilines is 2. The zero-order valence-electron chi connectivity index (χ0n) is 21.6. The molecular formula is C31H28N2O5. The number of aliphatic hydroxyl groups is 1. The van der Waals surface area contributed by atoms with Crippen LogP contribution in [0.2, 0.25) is 0 Å². The van der Waals surface area contributed by atoms with Gasteiger partial charge in [-0.05, 0) is 46.9 Å². The molecule has 1 atom stereocenters. The molecule has 7 nitrogen and oxygen atoms in total. The molecule has 2 N–H and O–H groups in total. The molecule has 5 rings (SSSR count). The molecule has 2 amide bonds. The van der Waals surface area contributed by atoms with Crippen LogP contribution >= 0.6 is 0 Å². The van der Waals surface area contributed by atoms with Gasteiger partial charge in [0.2, 0.25) is 11.7 Å². The van der Waals surface area contributed by atoms with Gasteiger partial charge in [-0.25, -0.2) is 0 Å². The molecule has 3 aromatic carbocycles. The number of aliphatic hydroxyl groups excluding tert-OH is 1. The predicted molar refractivity (Wildman–Crippen MR) is 146 cm³/mol. The predicted octanol–water partition coefficient (Wildman–Crippen LogP) is 6.47. The Hall–Kier alpha value is -4.65. The molecule has 7 heteroatoms. The summed E-state index contributed by atoms with van der Waals surface area (Å²) < 4.78 is 5.81. The van der Waals surface area contributed by atoms with E-state index in [-0.39, 0.29) is 22.7 Å². The van der Waals surface area contributed by atoms with Gasteiger partial charge < -0.3 is 14.8 Å². The van der Waals surface area contributed by atoms with Crippen LogP contribution in [-0.4, -0.2) is 22.7 Å². The SMILES string of the molecule is CC(=O)Nc1cccc(N2C(=O)C(O)=C(C(=O)c3cc4ccccc4o3)C2c2ccc(C(C)(C)C)cc2)c1. The van der Waals surface area contributed by atoms with Crippen molar-refractivity contribution in [2.45, 2.75) is 39.2 Å². The number of hydrogen-bond acceptors (Lipinski definition) is 5. The molecule has 1 aliphatic rings. The van der Waals surface area contributed by atoms with Crippen molar-refractivity contribution in [3.8, 4) is 0 Å². The number of ketones is 1. The third-order valence-corrected chi connectivity index (χ3v) is 6.64. The van der Waals surface area contributed by atoms with Gasteiger partial charge in [-0.3, -0.25) is 19.3 Å². The van der Waals surface area contributed by atoms with Gasteiger partial charge in [0, 0.05) is 23.7 Å². The van der Waals surface area contributed by atoms with E-state index in [9.17, 15) is 19.5 Å². The molecule has 0 fully saturated rings. The highest BCUT2D eigenvalue weighted by molar-refractivity contribution is 6.20. The summed E-state index contributed by atoms with van der Waals surface area (Å²) in [5.74, 6) is -2.14. The van der Waals surface area contributed by atoms with Crippen molar-refractivity contribution < 1.29 is 23.9 Å². The van der Waals surface area contributed by atoms with Crippen LogP contribution in [0, 0.1) is 0 Å². The number of benzene rings is 3. The van der Waals surface area contributed by atoms with Crippen molar-refractivity contribution in [1.29, 1.82) is 0 Å². The quantitative estimate of drug-likeness (QED) is 0.301. The minimum absolute atomic E-state index is 0.0331. The van der Waals surface area contributed by atoms with Crippen molar-refractivity contribution in [1.82, 2.24) is 0 Å². The number of rotatable bonds is 5. The van der Waals surface area contributed by atoms with Crippen LogP contribution in [0.5, 0.6) is 0 Å². The van der Waals surface area contributed by atoms with Crippen molar-refractivity contribution in [2.24, 2.45) is 0 Å². The van der Waals surface area contributed by atoms with Crippen LogP contribution < -0.4 is 10.2 Å². The molecule has 192 valence electrons. The summed E-state index contributed by atoms with van der Waals surface area (Å²) in [6, 6.07) is 22.3. The van der Waals surface area contributed by atoms with Gasteiger partial charge in [0.15, 0.2) is 11.5 Å². The average molecular weight is 509 g/mol. The Morgan fingerprint density at radius 1 is 0.947 bits per heavy atom. The van der Waals surface area contributed by atoms with Crippen molar-refractivity contribution >= 4 is 39.9 Å². The second-order valence-corrected chi connectivity index (χ2v) is 10.4. The number of hydrogen-bond donors (Lipinski definition) is 2. The van der Waals surface area contributed by atoms with Crippen LogP contribution in [0.1, 0.15) is 55.4 Å². The van der Waals surface area contributed by atoms with E-state index >= 15 is 0 Å². The zero-order chi connectivity index (χ0) is 27.2. The molecule has 4 aromatic rings. The lowest BCUT2D eigenvalue weighted by Gasteiger charge is -2.28. The number of amides is 2. The van der Waals surface area contributed by atoms with Crippen LogP contribution in [0.25, 0.3) is 11.0 Å². The van der Waals surface area contributed by atoms with E-state index in [2.05, 4.69) is 26.1 Å². The molecule has 1 unspecified atom stereocenters. The summed E-state index contributed by atoms with van der Waals surface area (Å²) in [4.78, 5) is 40.4. The van der Waals surface area contributed by atoms with Gasteiger partial charge in [-0.15, -0.1) is 0 Å². The number of nitrogens with one attached hydrogen (secondary N) is 1. The normalized spacial score (nSPS) is 15.8. The van der Waals surface area contributed by atoms with Crippen LogP contribution in [0.4, 0.5) is 11.4 Å². The molecule has 38 heavy (non-hydrogen) atoms. The zero-order valence-corrected chi connectivity index (χ0v) is 21.6. The van der Waals surface area contributed by atoms with E-state index in [1.165, 1.54) is 11.8 Å². The molecule has 0 saturated heterocycles. The summed E-state index contributed by atoms with van der Waals surface area (Å²) in [6.07, 6.45) is 0. The molecule has 1 aromatic heterocycles. The number of para-hydroxylation sites is 1. The molecule has 0 bridgehead atoms. The Morgan fingerprint density at radius 3 is 2.32 bits per heavy atom. The highest BCUT2D eigenvalue weighted by Gasteiger charge is 2.45. The Morgan fingerprint density at radius 2 is 1.66 bits per heavy atom. The third kappa shape index (κ3) is 4.47. The number of carbonyl (C=O) groups is 3. The Kier molecular flexibility index (Phi) is 6.15. The third-order valence-electron chi connectivity index (χ3n) is 6.64.